The summed E-state index contributed by atoms with van der Waals surface area (Å²) < 4.78 is 2.23. The van der Waals surface area contributed by atoms with Crippen molar-refractivity contribution in [3.63, 3.8) is 0 Å². The average molecular weight is 365 g/mol. The predicted octanol–water partition coefficient (Wildman–Crippen LogP) is 4.23. The zero-order chi connectivity index (χ0) is 18.3. The van der Waals surface area contributed by atoms with Crippen LogP contribution in [0.25, 0.3) is 11.4 Å². The predicted molar refractivity (Wildman–Crippen MR) is 101 cm³/mol. The second-order valence-corrected chi connectivity index (χ2v) is 8.02. The Kier molecular flexibility index (Phi) is 4.07. The van der Waals surface area contributed by atoms with Gasteiger partial charge in [0.15, 0.2) is 11.0 Å². The first-order chi connectivity index (χ1) is 12.5. The lowest BCUT2D eigenvalue weighted by Gasteiger charge is -2.34. The third kappa shape index (κ3) is 2.90. The van der Waals surface area contributed by atoms with Gasteiger partial charge in [0.25, 0.3) is 0 Å². The number of carboxylic acids is 1. The van der Waals surface area contributed by atoms with E-state index < -0.39 is 5.97 Å². The van der Waals surface area contributed by atoms with E-state index in [4.69, 9.17) is 5.11 Å². The standard InChI is InChI=1S/C20H19N3O2S/c1-20(2)11-15-5-3-4-6-16(15)17-21-22-19(23(17)20)26-12-13-7-9-14(10-8-13)18(24)25/h3-10H,11-12H2,1-2H3,(H,24,25). The minimum absolute atomic E-state index is 0.0946. The Morgan fingerprint density at radius 2 is 1.88 bits per heavy atom. The molecule has 0 spiro atoms. The third-order valence-electron chi connectivity index (χ3n) is 4.69. The molecule has 0 bridgehead atoms. The molecule has 0 radical (unpaired) electrons. The van der Waals surface area contributed by atoms with Crippen LogP contribution in [0.3, 0.4) is 0 Å². The van der Waals surface area contributed by atoms with Crippen LogP contribution in [0.5, 0.6) is 0 Å². The summed E-state index contributed by atoms with van der Waals surface area (Å²) in [5.74, 6) is 0.729. The molecule has 0 amide bonds. The van der Waals surface area contributed by atoms with Crippen molar-refractivity contribution < 1.29 is 9.90 Å². The zero-order valence-electron chi connectivity index (χ0n) is 14.6. The normalized spacial score (nSPS) is 14.5. The Morgan fingerprint density at radius 1 is 1.15 bits per heavy atom. The quantitative estimate of drug-likeness (QED) is 0.701. The van der Waals surface area contributed by atoms with E-state index in [1.807, 2.05) is 18.2 Å². The second-order valence-electron chi connectivity index (χ2n) is 7.08. The number of nitrogens with zero attached hydrogens (tertiary/aromatic N) is 3. The van der Waals surface area contributed by atoms with E-state index in [2.05, 4.69) is 46.8 Å². The van der Waals surface area contributed by atoms with Gasteiger partial charge in [-0.3, -0.25) is 4.57 Å². The largest absolute Gasteiger partial charge is 0.478 e. The van der Waals surface area contributed by atoms with E-state index in [0.717, 1.165) is 34.3 Å². The molecule has 6 heteroatoms. The Labute approximate surface area is 156 Å². The summed E-state index contributed by atoms with van der Waals surface area (Å²) in [5.41, 5.74) is 3.72. The Morgan fingerprint density at radius 3 is 2.62 bits per heavy atom. The van der Waals surface area contributed by atoms with E-state index in [0.29, 0.717) is 5.56 Å². The molecule has 4 rings (SSSR count). The number of benzene rings is 2. The van der Waals surface area contributed by atoms with Crippen molar-refractivity contribution in [3.8, 4) is 11.4 Å². The first-order valence-corrected chi connectivity index (χ1v) is 9.43. The van der Waals surface area contributed by atoms with Gasteiger partial charge < -0.3 is 5.11 Å². The van der Waals surface area contributed by atoms with Gasteiger partial charge in [-0.1, -0.05) is 48.2 Å². The summed E-state index contributed by atoms with van der Waals surface area (Å²) >= 11 is 1.63. The van der Waals surface area contributed by atoms with Crippen molar-refractivity contribution in [2.75, 3.05) is 0 Å². The number of aromatic nitrogens is 3. The smallest absolute Gasteiger partial charge is 0.335 e. The van der Waals surface area contributed by atoms with Gasteiger partial charge >= 0.3 is 5.97 Å². The van der Waals surface area contributed by atoms with Gasteiger partial charge in [0, 0.05) is 16.9 Å². The molecule has 26 heavy (non-hydrogen) atoms. The maximum Gasteiger partial charge on any atom is 0.335 e. The van der Waals surface area contributed by atoms with E-state index >= 15 is 0 Å². The van der Waals surface area contributed by atoms with Crippen LogP contribution < -0.4 is 0 Å². The molecular weight excluding hydrogens is 346 g/mol. The van der Waals surface area contributed by atoms with E-state index in [9.17, 15) is 4.79 Å². The molecule has 1 aromatic heterocycles. The molecule has 0 unspecified atom stereocenters. The summed E-state index contributed by atoms with van der Waals surface area (Å²) in [6.45, 7) is 4.42. The van der Waals surface area contributed by atoms with Gasteiger partial charge in [0.1, 0.15) is 0 Å². The van der Waals surface area contributed by atoms with Crippen molar-refractivity contribution in [1.82, 2.24) is 14.8 Å². The van der Waals surface area contributed by atoms with Crippen LogP contribution in [-0.4, -0.2) is 25.8 Å². The lowest BCUT2D eigenvalue weighted by Crippen LogP contribution is -2.33. The van der Waals surface area contributed by atoms with Crippen molar-refractivity contribution in [3.05, 3.63) is 65.2 Å². The molecule has 0 fully saturated rings. The van der Waals surface area contributed by atoms with Crippen molar-refractivity contribution in [2.45, 2.75) is 36.7 Å². The van der Waals surface area contributed by atoms with Crippen LogP contribution in [0.15, 0.2) is 53.7 Å². The fraction of sp³-hybridized carbons (Fsp3) is 0.250. The number of carbonyl (C=O) groups is 1. The number of fused-ring (bicyclic) bond motifs is 3. The number of thioether (sulfide) groups is 1. The van der Waals surface area contributed by atoms with E-state index in [1.165, 1.54) is 5.56 Å². The molecule has 2 aromatic carbocycles. The van der Waals surface area contributed by atoms with Crippen LogP contribution in [0.4, 0.5) is 0 Å². The lowest BCUT2D eigenvalue weighted by atomic mass is 9.87. The van der Waals surface area contributed by atoms with Gasteiger partial charge in [-0.2, -0.15) is 0 Å². The summed E-state index contributed by atoms with van der Waals surface area (Å²) in [6.07, 6.45) is 0.940. The molecule has 0 saturated heterocycles. The number of hydrogen-bond acceptors (Lipinski definition) is 4. The monoisotopic (exact) mass is 365 g/mol. The molecule has 5 nitrogen and oxygen atoms in total. The number of aromatic carboxylic acids is 1. The van der Waals surface area contributed by atoms with Gasteiger partial charge in [-0.25, -0.2) is 4.79 Å². The highest BCUT2D eigenvalue weighted by Crippen LogP contribution is 2.40. The molecule has 132 valence electrons. The number of carboxylic acid groups (broad SMARTS) is 1. The third-order valence-corrected chi connectivity index (χ3v) is 5.69. The zero-order valence-corrected chi connectivity index (χ0v) is 15.5. The van der Waals surface area contributed by atoms with Crippen molar-refractivity contribution in [2.24, 2.45) is 0 Å². The van der Waals surface area contributed by atoms with Gasteiger partial charge in [-0.15, -0.1) is 10.2 Å². The second kappa shape index (κ2) is 6.29. The maximum atomic E-state index is 11.0. The summed E-state index contributed by atoms with van der Waals surface area (Å²) in [6, 6.07) is 15.3. The van der Waals surface area contributed by atoms with Crippen molar-refractivity contribution >= 4 is 17.7 Å². The molecule has 0 saturated carbocycles. The minimum Gasteiger partial charge on any atom is -0.478 e. The highest BCUT2D eigenvalue weighted by Gasteiger charge is 2.34. The Hall–Kier alpha value is -2.60. The van der Waals surface area contributed by atoms with Gasteiger partial charge in [0.05, 0.1) is 5.56 Å². The van der Waals surface area contributed by atoms with E-state index in [1.54, 1.807) is 23.9 Å². The summed E-state index contributed by atoms with van der Waals surface area (Å²) in [5, 5.41) is 18.8. The molecule has 1 aliphatic heterocycles. The first kappa shape index (κ1) is 16.8. The average Bonchev–Trinajstić information content (AvgIpc) is 3.05. The summed E-state index contributed by atoms with van der Waals surface area (Å²) in [7, 11) is 0. The topological polar surface area (TPSA) is 68.0 Å². The molecule has 0 aliphatic carbocycles. The fourth-order valence-electron chi connectivity index (χ4n) is 3.41. The molecule has 2 heterocycles. The highest BCUT2D eigenvalue weighted by atomic mass is 32.2. The number of rotatable bonds is 4. The highest BCUT2D eigenvalue weighted by molar-refractivity contribution is 7.98. The van der Waals surface area contributed by atoms with Gasteiger partial charge in [-0.05, 0) is 43.5 Å². The van der Waals surface area contributed by atoms with E-state index in [-0.39, 0.29) is 5.54 Å². The van der Waals surface area contributed by atoms with Crippen LogP contribution >= 0.6 is 11.8 Å². The van der Waals surface area contributed by atoms with Gasteiger partial charge in [0.2, 0.25) is 0 Å². The van der Waals surface area contributed by atoms with Crippen LogP contribution in [0.1, 0.15) is 35.3 Å². The van der Waals surface area contributed by atoms with Crippen LogP contribution in [-0.2, 0) is 17.7 Å². The van der Waals surface area contributed by atoms with Crippen LogP contribution in [0.2, 0.25) is 0 Å². The molecule has 0 atom stereocenters. The number of hydrogen-bond donors (Lipinski definition) is 1. The first-order valence-electron chi connectivity index (χ1n) is 8.45. The van der Waals surface area contributed by atoms with Crippen molar-refractivity contribution in [1.29, 1.82) is 0 Å². The summed E-state index contributed by atoms with van der Waals surface area (Å²) in [4.78, 5) is 11.0. The molecule has 1 aliphatic rings. The fourth-order valence-corrected chi connectivity index (χ4v) is 4.46. The Balaban J connectivity index is 1.62. The molecule has 1 N–H and O–H groups in total. The Bertz CT molecular complexity index is 977. The maximum absolute atomic E-state index is 11.0. The minimum atomic E-state index is -0.906. The van der Waals surface area contributed by atoms with Crippen LogP contribution in [0, 0.1) is 0 Å². The molecular formula is C20H19N3O2S. The lowest BCUT2D eigenvalue weighted by molar-refractivity contribution is 0.0697. The molecule has 3 aromatic rings. The SMILES string of the molecule is CC1(C)Cc2ccccc2-c2nnc(SCc3ccc(C(=O)O)cc3)n21.